The van der Waals surface area contributed by atoms with E-state index in [0.717, 1.165) is 16.3 Å². The van der Waals surface area contributed by atoms with Crippen LogP contribution in [0.15, 0.2) is 22.9 Å². The molecule has 2 N–H and O–H groups in total. The highest BCUT2D eigenvalue weighted by Gasteiger charge is 2.32. The van der Waals surface area contributed by atoms with Crippen LogP contribution in [-0.4, -0.2) is 27.2 Å². The number of carbonyl (C=O) groups excluding carboxylic acids is 2. The summed E-state index contributed by atoms with van der Waals surface area (Å²) in [5.74, 6) is -1.03. The first-order chi connectivity index (χ1) is 9.74. The van der Waals surface area contributed by atoms with E-state index in [4.69, 9.17) is 4.52 Å². The minimum atomic E-state index is -0.463. The molecule has 100 valence electrons. The molecule has 1 aliphatic heterocycles. The molecule has 1 aliphatic rings. The van der Waals surface area contributed by atoms with Crippen molar-refractivity contribution in [3.05, 3.63) is 24.0 Å². The lowest BCUT2D eigenvalue weighted by molar-refractivity contribution is -0.134. The minimum absolute atomic E-state index is 0.243. The molecule has 7 heteroatoms. The molecule has 3 aromatic rings. The summed E-state index contributed by atoms with van der Waals surface area (Å²) < 4.78 is 5.30. The average Bonchev–Trinajstić information content (AvgIpc) is 3.03. The van der Waals surface area contributed by atoms with E-state index >= 15 is 0 Å². The van der Waals surface area contributed by atoms with Gasteiger partial charge in [-0.15, -0.1) is 0 Å². The van der Waals surface area contributed by atoms with Gasteiger partial charge in [-0.3, -0.25) is 20.0 Å². The number of nitrogens with zero attached hydrogens (tertiary/aromatic N) is 2. The van der Waals surface area contributed by atoms with Crippen LogP contribution in [0.3, 0.4) is 0 Å². The van der Waals surface area contributed by atoms with E-state index in [1.165, 1.54) is 0 Å². The summed E-state index contributed by atoms with van der Waals surface area (Å²) in [4.78, 5) is 23.2. The first-order valence-electron chi connectivity index (χ1n) is 6.29. The summed E-state index contributed by atoms with van der Waals surface area (Å²) in [6.07, 6.45) is 2.44. The monoisotopic (exact) mass is 270 g/mol. The van der Waals surface area contributed by atoms with Crippen LogP contribution in [0.4, 0.5) is 0 Å². The number of hydrogen-bond acceptors (Lipinski definition) is 5. The summed E-state index contributed by atoms with van der Waals surface area (Å²) in [5, 5.41) is 14.9. The molecular weight excluding hydrogens is 260 g/mol. The number of piperidine rings is 1. The van der Waals surface area contributed by atoms with Crippen molar-refractivity contribution < 1.29 is 14.1 Å². The fraction of sp³-hybridized carbons (Fsp3) is 0.231. The highest BCUT2D eigenvalue weighted by atomic mass is 16.5. The summed E-state index contributed by atoms with van der Waals surface area (Å²) in [6, 6.07) is 3.64. The summed E-state index contributed by atoms with van der Waals surface area (Å²) in [6.45, 7) is 0. The number of aromatic nitrogens is 3. The molecule has 0 aliphatic carbocycles. The topological polar surface area (TPSA) is 101 Å². The zero-order chi connectivity index (χ0) is 13.7. The van der Waals surface area contributed by atoms with E-state index in [1.54, 1.807) is 12.3 Å². The van der Waals surface area contributed by atoms with Gasteiger partial charge in [0.15, 0.2) is 5.58 Å². The fourth-order valence-electron chi connectivity index (χ4n) is 2.67. The lowest BCUT2D eigenvalue weighted by atomic mass is 9.92. The Morgan fingerprint density at radius 3 is 3.05 bits per heavy atom. The number of hydrogen-bond donors (Lipinski definition) is 2. The number of nitrogens with one attached hydrogen (secondary N) is 2. The number of aromatic amines is 1. The molecule has 4 rings (SSSR count). The third kappa shape index (κ3) is 1.46. The number of amides is 2. The van der Waals surface area contributed by atoms with Gasteiger partial charge in [-0.25, -0.2) is 0 Å². The lowest BCUT2D eigenvalue weighted by Crippen LogP contribution is -2.39. The molecule has 1 fully saturated rings. The number of fused-ring (bicyclic) bond motifs is 3. The van der Waals surface area contributed by atoms with Crippen LogP contribution < -0.4 is 5.32 Å². The molecule has 0 radical (unpaired) electrons. The van der Waals surface area contributed by atoms with Crippen LogP contribution in [0.25, 0.3) is 21.9 Å². The second-order valence-electron chi connectivity index (χ2n) is 4.84. The number of rotatable bonds is 1. The van der Waals surface area contributed by atoms with Crippen LogP contribution in [0.1, 0.15) is 24.5 Å². The highest BCUT2D eigenvalue weighted by Crippen LogP contribution is 2.34. The van der Waals surface area contributed by atoms with Crippen LogP contribution in [0.5, 0.6) is 0 Å². The SMILES string of the molecule is O=C1CCC(c2noc3ccc4[nH]ncc4c23)C(=O)N1. The molecule has 20 heavy (non-hydrogen) atoms. The van der Waals surface area contributed by atoms with Gasteiger partial charge < -0.3 is 4.52 Å². The normalized spacial score (nSPS) is 19.7. The van der Waals surface area contributed by atoms with Crippen LogP contribution in [0, 0.1) is 0 Å². The fourth-order valence-corrected chi connectivity index (χ4v) is 2.67. The van der Waals surface area contributed by atoms with Crippen molar-refractivity contribution in [3.8, 4) is 0 Å². The molecule has 7 nitrogen and oxygen atoms in total. The Morgan fingerprint density at radius 1 is 1.30 bits per heavy atom. The molecular formula is C13H10N4O3. The van der Waals surface area contributed by atoms with Crippen molar-refractivity contribution in [2.45, 2.75) is 18.8 Å². The minimum Gasteiger partial charge on any atom is -0.356 e. The van der Waals surface area contributed by atoms with E-state index in [-0.39, 0.29) is 11.8 Å². The smallest absolute Gasteiger partial charge is 0.235 e. The molecule has 2 aromatic heterocycles. The summed E-state index contributed by atoms with van der Waals surface area (Å²) in [5.41, 5.74) is 2.03. The quantitative estimate of drug-likeness (QED) is 0.647. The Balaban J connectivity index is 1.93. The highest BCUT2D eigenvalue weighted by molar-refractivity contribution is 6.08. The predicted octanol–water partition coefficient (Wildman–Crippen LogP) is 1.22. The van der Waals surface area contributed by atoms with E-state index < -0.39 is 5.92 Å². The van der Waals surface area contributed by atoms with Gasteiger partial charge in [0.05, 0.1) is 23.0 Å². The Labute approximate surface area is 112 Å². The largest absolute Gasteiger partial charge is 0.356 e. The van der Waals surface area contributed by atoms with Crippen molar-refractivity contribution in [2.24, 2.45) is 0 Å². The van der Waals surface area contributed by atoms with Crippen molar-refractivity contribution in [1.82, 2.24) is 20.7 Å². The van der Waals surface area contributed by atoms with Crippen LogP contribution >= 0.6 is 0 Å². The molecule has 1 aromatic carbocycles. The average molecular weight is 270 g/mol. The van der Waals surface area contributed by atoms with Gasteiger partial charge in [-0.05, 0) is 18.6 Å². The summed E-state index contributed by atoms with van der Waals surface area (Å²) >= 11 is 0. The first kappa shape index (κ1) is 11.2. The van der Waals surface area contributed by atoms with Gasteiger partial charge in [-0.1, -0.05) is 5.16 Å². The summed E-state index contributed by atoms with van der Waals surface area (Å²) in [7, 11) is 0. The molecule has 0 spiro atoms. The third-order valence-corrected chi connectivity index (χ3v) is 3.65. The van der Waals surface area contributed by atoms with Crippen molar-refractivity contribution in [3.63, 3.8) is 0 Å². The number of H-pyrrole nitrogens is 1. The van der Waals surface area contributed by atoms with E-state index in [0.29, 0.717) is 24.1 Å². The van der Waals surface area contributed by atoms with E-state index in [9.17, 15) is 9.59 Å². The van der Waals surface area contributed by atoms with Gasteiger partial charge in [0.2, 0.25) is 11.8 Å². The van der Waals surface area contributed by atoms with Crippen molar-refractivity contribution in [2.75, 3.05) is 0 Å². The Kier molecular flexibility index (Phi) is 2.17. The maximum absolute atomic E-state index is 12.0. The first-order valence-corrected chi connectivity index (χ1v) is 6.29. The van der Waals surface area contributed by atoms with Gasteiger partial charge in [-0.2, -0.15) is 5.10 Å². The molecule has 1 unspecified atom stereocenters. The second-order valence-corrected chi connectivity index (χ2v) is 4.84. The van der Waals surface area contributed by atoms with Crippen LogP contribution in [0.2, 0.25) is 0 Å². The van der Waals surface area contributed by atoms with Gasteiger partial charge in [0.1, 0.15) is 5.69 Å². The molecule has 0 saturated carbocycles. The lowest BCUT2D eigenvalue weighted by Gasteiger charge is -2.18. The van der Waals surface area contributed by atoms with Gasteiger partial charge in [0, 0.05) is 11.8 Å². The van der Waals surface area contributed by atoms with Crippen LogP contribution in [-0.2, 0) is 9.59 Å². The molecule has 1 saturated heterocycles. The van der Waals surface area contributed by atoms with Gasteiger partial charge >= 0.3 is 0 Å². The Hall–Kier alpha value is -2.70. The molecule has 3 heterocycles. The zero-order valence-corrected chi connectivity index (χ0v) is 10.3. The van der Waals surface area contributed by atoms with E-state index in [1.807, 2.05) is 6.07 Å². The Morgan fingerprint density at radius 2 is 2.20 bits per heavy atom. The zero-order valence-electron chi connectivity index (χ0n) is 10.3. The number of imide groups is 1. The third-order valence-electron chi connectivity index (χ3n) is 3.65. The van der Waals surface area contributed by atoms with Crippen molar-refractivity contribution in [1.29, 1.82) is 0 Å². The maximum atomic E-state index is 12.0. The molecule has 2 amide bonds. The predicted molar refractivity (Wildman–Crippen MR) is 68.8 cm³/mol. The van der Waals surface area contributed by atoms with E-state index in [2.05, 4.69) is 20.7 Å². The van der Waals surface area contributed by atoms with Crippen molar-refractivity contribution >= 4 is 33.7 Å². The Bertz CT molecular complexity index is 848. The molecule has 0 bridgehead atoms. The standard InChI is InChI=1S/C13H10N4O3/c18-10-4-1-6(13(19)15-10)12-11-7-5-14-16-8(7)2-3-9(11)20-17-12/h2-3,5-6H,1,4H2,(H,14,16)(H,15,18,19). The number of benzene rings is 1. The van der Waals surface area contributed by atoms with Gasteiger partial charge in [0.25, 0.3) is 0 Å². The number of carbonyl (C=O) groups is 2. The maximum Gasteiger partial charge on any atom is 0.235 e. The molecule has 1 atom stereocenters. The second kappa shape index (κ2) is 3.89.